The van der Waals surface area contributed by atoms with Crippen LogP contribution in [0.4, 0.5) is 0 Å². The number of ether oxygens (including phenoxy) is 2. The van der Waals surface area contributed by atoms with E-state index in [0.717, 1.165) is 64.2 Å². The van der Waals surface area contributed by atoms with Gasteiger partial charge in [-0.3, -0.25) is 18.6 Å². The fraction of sp³-hybridized carbons (Fsp3) is 0.644. The van der Waals surface area contributed by atoms with Gasteiger partial charge in [-0.15, -0.1) is 0 Å². The van der Waals surface area contributed by atoms with Crippen LogP contribution in [0.1, 0.15) is 149 Å². The van der Waals surface area contributed by atoms with Gasteiger partial charge in [0.15, 0.2) is 6.10 Å². The number of phosphoric acid groups is 1. The molecule has 11 heteroatoms. The zero-order valence-electron chi connectivity index (χ0n) is 34.7. The summed E-state index contributed by atoms with van der Waals surface area (Å²) in [6.45, 7) is 3.41. The van der Waals surface area contributed by atoms with Crippen molar-refractivity contribution in [1.82, 2.24) is 0 Å². The van der Waals surface area contributed by atoms with Crippen LogP contribution in [0.15, 0.2) is 85.1 Å². The van der Waals surface area contributed by atoms with E-state index in [1.54, 1.807) is 0 Å². The molecular weight excluding hydrogens is 729 g/mol. The molecule has 320 valence electrons. The third-order valence-corrected chi connectivity index (χ3v) is 9.31. The lowest BCUT2D eigenvalue weighted by molar-refractivity contribution is -0.161. The zero-order valence-corrected chi connectivity index (χ0v) is 35.6. The van der Waals surface area contributed by atoms with Crippen molar-refractivity contribution in [3.8, 4) is 0 Å². The summed E-state index contributed by atoms with van der Waals surface area (Å²) >= 11 is 0. The lowest BCUT2D eigenvalue weighted by Crippen LogP contribution is -2.29. The van der Waals surface area contributed by atoms with Crippen LogP contribution in [0.2, 0.25) is 0 Å². The van der Waals surface area contributed by atoms with Gasteiger partial charge in [-0.05, 0) is 77.0 Å². The number of nitrogens with two attached hydrogens (primary N) is 1. The van der Waals surface area contributed by atoms with Crippen molar-refractivity contribution in [2.45, 2.75) is 161 Å². The normalized spacial score (nSPS) is 14.7. The van der Waals surface area contributed by atoms with E-state index < -0.39 is 32.5 Å². The first-order valence-electron chi connectivity index (χ1n) is 21.2. The number of hydrogen-bond acceptors (Lipinski definition) is 9. The molecule has 0 aromatic heterocycles. The minimum absolute atomic E-state index is 0.0271. The molecule has 3 atom stereocenters. The SMILES string of the molecule is CCCCCCCC/C=C\C/C=C\C/C=C\CCCC(=O)OC[C@H](COP(=O)(O)OCCN)OC(=O)CCC/C=C\C/C=C\C/C=C\C/C=C\[C@H](O)CCCC. The molecule has 0 rings (SSSR count). The first-order valence-corrected chi connectivity index (χ1v) is 22.6. The smallest absolute Gasteiger partial charge is 0.462 e. The average molecular weight is 806 g/mol. The summed E-state index contributed by atoms with van der Waals surface area (Å²) in [7, 11) is -4.42. The Labute approximate surface area is 339 Å². The number of carbonyl (C=O) groups is 2. The number of rotatable bonds is 38. The van der Waals surface area contributed by atoms with Crippen LogP contribution >= 0.6 is 7.82 Å². The molecule has 0 aliphatic carbocycles. The molecule has 0 radical (unpaired) electrons. The van der Waals surface area contributed by atoms with E-state index in [-0.39, 0.29) is 38.7 Å². The van der Waals surface area contributed by atoms with Crippen LogP contribution in [-0.4, -0.2) is 60.5 Å². The lowest BCUT2D eigenvalue weighted by atomic mass is 10.1. The molecule has 0 aromatic carbocycles. The van der Waals surface area contributed by atoms with Gasteiger partial charge in [-0.25, -0.2) is 4.57 Å². The van der Waals surface area contributed by atoms with Gasteiger partial charge in [0.2, 0.25) is 0 Å². The molecule has 0 aromatic rings. The molecule has 0 saturated heterocycles. The summed E-state index contributed by atoms with van der Waals surface area (Å²) in [5, 5.41) is 9.81. The van der Waals surface area contributed by atoms with Crippen LogP contribution in [0, 0.1) is 0 Å². The number of carbonyl (C=O) groups excluding carboxylic acids is 2. The molecule has 0 aliphatic heterocycles. The fourth-order valence-corrected chi connectivity index (χ4v) is 5.90. The summed E-state index contributed by atoms with van der Waals surface area (Å²) < 4.78 is 32.6. The molecule has 0 bridgehead atoms. The maximum absolute atomic E-state index is 12.5. The number of unbranched alkanes of at least 4 members (excludes halogenated alkanes) is 9. The fourth-order valence-electron chi connectivity index (χ4n) is 5.13. The minimum Gasteiger partial charge on any atom is -0.462 e. The van der Waals surface area contributed by atoms with Crippen LogP contribution in [0.25, 0.3) is 0 Å². The van der Waals surface area contributed by atoms with Crippen molar-refractivity contribution in [3.63, 3.8) is 0 Å². The Morgan fingerprint density at radius 1 is 0.607 bits per heavy atom. The van der Waals surface area contributed by atoms with E-state index in [1.165, 1.54) is 38.5 Å². The number of allylic oxidation sites excluding steroid dienone is 13. The van der Waals surface area contributed by atoms with Gasteiger partial charge < -0.3 is 25.2 Å². The standard InChI is InChI=1S/C45H76NO9P/c1-3-5-7-8-9-10-11-12-13-14-15-16-20-23-26-29-32-36-44(48)52-40-43(41-54-56(50,51)53-39-38-46)55-45(49)37-33-30-27-24-21-18-17-19-22-25-28-31-35-42(47)34-6-4-2/h12-13,15-18,22-27,31,35,42-43,47H,3-11,14,19-21,28-30,32-34,36-41,46H2,1-2H3,(H,50,51)/b13-12-,16-15-,18-17-,25-22-,26-23-,27-24-,35-31-/t42-,43-/m1/s1. The highest BCUT2D eigenvalue weighted by Crippen LogP contribution is 2.43. The Morgan fingerprint density at radius 2 is 1.09 bits per heavy atom. The van der Waals surface area contributed by atoms with Gasteiger partial charge in [0.1, 0.15) is 6.61 Å². The Bertz CT molecular complexity index is 1210. The first-order chi connectivity index (χ1) is 27.2. The second-order valence-corrected chi connectivity index (χ2v) is 15.1. The number of aliphatic hydroxyl groups is 1. The lowest BCUT2D eigenvalue weighted by Gasteiger charge is -2.19. The van der Waals surface area contributed by atoms with Crippen LogP contribution < -0.4 is 5.73 Å². The van der Waals surface area contributed by atoms with Gasteiger partial charge in [-0.2, -0.15) is 0 Å². The van der Waals surface area contributed by atoms with Crippen LogP contribution in [0.3, 0.4) is 0 Å². The van der Waals surface area contributed by atoms with Crippen molar-refractivity contribution >= 4 is 19.8 Å². The molecule has 0 saturated carbocycles. The maximum atomic E-state index is 12.5. The number of hydrogen-bond donors (Lipinski definition) is 3. The zero-order chi connectivity index (χ0) is 41.2. The van der Waals surface area contributed by atoms with Gasteiger partial charge in [0.25, 0.3) is 0 Å². The van der Waals surface area contributed by atoms with Crippen molar-refractivity contribution in [2.24, 2.45) is 5.73 Å². The summed E-state index contributed by atoms with van der Waals surface area (Å²) in [6.07, 6.45) is 46.8. The average Bonchev–Trinajstić information content (AvgIpc) is 3.18. The Morgan fingerprint density at radius 3 is 1.64 bits per heavy atom. The van der Waals surface area contributed by atoms with Crippen molar-refractivity contribution < 1.29 is 42.7 Å². The largest absolute Gasteiger partial charge is 0.472 e. The molecule has 0 aliphatic rings. The third kappa shape index (κ3) is 39.4. The maximum Gasteiger partial charge on any atom is 0.472 e. The monoisotopic (exact) mass is 806 g/mol. The quantitative estimate of drug-likeness (QED) is 0.0238. The summed E-state index contributed by atoms with van der Waals surface area (Å²) in [5.41, 5.74) is 5.33. The topological polar surface area (TPSA) is 155 Å². The van der Waals surface area contributed by atoms with Crippen molar-refractivity contribution in [2.75, 3.05) is 26.4 Å². The minimum atomic E-state index is -4.42. The molecule has 0 spiro atoms. The highest BCUT2D eigenvalue weighted by Gasteiger charge is 2.25. The highest BCUT2D eigenvalue weighted by molar-refractivity contribution is 7.47. The molecule has 0 heterocycles. The number of aliphatic hydroxyl groups excluding tert-OH is 1. The van der Waals surface area contributed by atoms with Crippen molar-refractivity contribution in [3.05, 3.63) is 85.1 Å². The number of phosphoric ester groups is 1. The van der Waals surface area contributed by atoms with E-state index >= 15 is 0 Å². The summed E-state index contributed by atoms with van der Waals surface area (Å²) in [4.78, 5) is 34.8. The second-order valence-electron chi connectivity index (χ2n) is 13.7. The second kappa shape index (κ2) is 40.4. The molecule has 10 nitrogen and oxygen atoms in total. The van der Waals surface area contributed by atoms with Crippen LogP contribution in [0.5, 0.6) is 0 Å². The summed E-state index contributed by atoms with van der Waals surface area (Å²) in [6, 6.07) is 0. The predicted molar refractivity (Wildman–Crippen MR) is 230 cm³/mol. The molecule has 0 amide bonds. The Hall–Kier alpha value is -2.85. The predicted octanol–water partition coefficient (Wildman–Crippen LogP) is 11.0. The van der Waals surface area contributed by atoms with Crippen molar-refractivity contribution in [1.29, 1.82) is 0 Å². The first kappa shape index (κ1) is 53.1. The highest BCUT2D eigenvalue weighted by atomic mass is 31.2. The molecule has 56 heavy (non-hydrogen) atoms. The van der Waals surface area contributed by atoms with Gasteiger partial charge in [-0.1, -0.05) is 144 Å². The molecule has 4 N–H and O–H groups in total. The summed E-state index contributed by atoms with van der Waals surface area (Å²) in [5.74, 6) is -0.987. The van der Waals surface area contributed by atoms with Gasteiger partial charge in [0, 0.05) is 19.4 Å². The number of esters is 2. The van der Waals surface area contributed by atoms with E-state index in [4.69, 9.17) is 24.3 Å². The van der Waals surface area contributed by atoms with E-state index in [9.17, 15) is 24.2 Å². The molecular formula is C45H76NO9P. The Balaban J connectivity index is 4.40. The Kier molecular flexibility index (Phi) is 38.3. The van der Waals surface area contributed by atoms with Gasteiger partial charge >= 0.3 is 19.8 Å². The van der Waals surface area contributed by atoms with E-state index in [1.807, 2.05) is 30.4 Å². The molecule has 1 unspecified atom stereocenters. The third-order valence-electron chi connectivity index (χ3n) is 8.32. The molecule has 0 fully saturated rings. The van der Waals surface area contributed by atoms with Gasteiger partial charge in [0.05, 0.1) is 19.3 Å². The van der Waals surface area contributed by atoms with Crippen LogP contribution in [-0.2, 0) is 32.7 Å². The van der Waals surface area contributed by atoms with E-state index in [0.29, 0.717) is 19.3 Å². The van der Waals surface area contributed by atoms with E-state index in [2.05, 4.69) is 68.5 Å².